The molecule has 0 saturated carbocycles. The molecule has 1 aliphatic rings. The molecule has 3 heterocycles. The van der Waals surface area contributed by atoms with Gasteiger partial charge in [0, 0.05) is 43.2 Å². The van der Waals surface area contributed by atoms with Crippen LogP contribution in [0.1, 0.15) is 60.9 Å². The molecule has 1 amide bonds. The lowest BCUT2D eigenvalue weighted by Gasteiger charge is -2.33. The van der Waals surface area contributed by atoms with Crippen LogP contribution in [0.15, 0.2) is 36.4 Å². The summed E-state index contributed by atoms with van der Waals surface area (Å²) in [6.45, 7) is 9.43. The number of benzene rings is 1. The average molecular weight is 464 g/mol. The molecular formula is C26H33N5O3. The molecular weight excluding hydrogens is 430 g/mol. The third-order valence-electron chi connectivity index (χ3n) is 6.38. The molecule has 1 aromatic carbocycles. The van der Waals surface area contributed by atoms with Gasteiger partial charge < -0.3 is 15.3 Å². The van der Waals surface area contributed by atoms with E-state index in [0.717, 1.165) is 43.0 Å². The summed E-state index contributed by atoms with van der Waals surface area (Å²) in [4.78, 5) is 32.2. The Bertz CT molecular complexity index is 1190. The number of piperidine rings is 1. The number of carbonyl (C=O) groups is 2. The maximum absolute atomic E-state index is 13.0. The Balaban J connectivity index is 1.55. The second-order valence-electron chi connectivity index (χ2n) is 9.55. The van der Waals surface area contributed by atoms with Gasteiger partial charge in [-0.25, -0.2) is 4.98 Å². The lowest BCUT2D eigenvalue weighted by molar-refractivity contribution is -0.125. The zero-order chi connectivity index (χ0) is 24.5. The fourth-order valence-electron chi connectivity index (χ4n) is 4.46. The van der Waals surface area contributed by atoms with Crippen LogP contribution in [0.2, 0.25) is 0 Å². The van der Waals surface area contributed by atoms with Crippen molar-refractivity contribution in [3.05, 3.63) is 58.9 Å². The molecule has 8 heteroatoms. The Hall–Kier alpha value is -3.26. The van der Waals surface area contributed by atoms with Crippen LogP contribution in [0.5, 0.6) is 0 Å². The summed E-state index contributed by atoms with van der Waals surface area (Å²) in [5.74, 6) is 1.02. The van der Waals surface area contributed by atoms with Crippen molar-refractivity contribution in [2.45, 2.75) is 52.6 Å². The number of nitrogens with one attached hydrogen (secondary N) is 1. The number of Topliss-reactive ketones (excluding diaryl/α,β-unsaturated/α-hetero) is 1. The third kappa shape index (κ3) is 5.12. The van der Waals surface area contributed by atoms with E-state index in [1.807, 2.05) is 30.5 Å². The first-order chi connectivity index (χ1) is 16.2. The summed E-state index contributed by atoms with van der Waals surface area (Å²) in [6, 6.07) is 10.9. The van der Waals surface area contributed by atoms with Gasteiger partial charge in [-0.3, -0.25) is 9.59 Å². The lowest BCUT2D eigenvalue weighted by atomic mass is 9.95. The fraction of sp³-hybridized carbons (Fsp3) is 0.462. The highest BCUT2D eigenvalue weighted by Gasteiger charge is 2.26. The highest BCUT2D eigenvalue weighted by atomic mass is 16.3. The van der Waals surface area contributed by atoms with Gasteiger partial charge in [-0.15, -0.1) is 0 Å². The Morgan fingerprint density at radius 3 is 2.44 bits per heavy atom. The second-order valence-corrected chi connectivity index (χ2v) is 9.55. The summed E-state index contributed by atoms with van der Waals surface area (Å²) in [5.41, 5.74) is 2.65. The van der Waals surface area contributed by atoms with Gasteiger partial charge in [0.2, 0.25) is 5.91 Å². The summed E-state index contributed by atoms with van der Waals surface area (Å²) in [7, 11) is 0. The molecule has 1 saturated heterocycles. The molecule has 0 bridgehead atoms. The minimum absolute atomic E-state index is 0.0285. The van der Waals surface area contributed by atoms with Gasteiger partial charge in [-0.05, 0) is 46.1 Å². The number of aromatic nitrogens is 3. The van der Waals surface area contributed by atoms with Crippen LogP contribution in [-0.2, 0) is 16.8 Å². The van der Waals surface area contributed by atoms with Crippen molar-refractivity contribution in [2.75, 3.05) is 24.5 Å². The smallest absolute Gasteiger partial charge is 0.223 e. The number of hydrogen-bond donors (Lipinski definition) is 2. The van der Waals surface area contributed by atoms with Crippen LogP contribution >= 0.6 is 0 Å². The van der Waals surface area contributed by atoms with Gasteiger partial charge in [0.25, 0.3) is 0 Å². The van der Waals surface area contributed by atoms with Crippen molar-refractivity contribution in [3.8, 4) is 0 Å². The van der Waals surface area contributed by atoms with Gasteiger partial charge in [0.15, 0.2) is 11.4 Å². The topological polar surface area (TPSA) is 99.8 Å². The van der Waals surface area contributed by atoms with E-state index in [9.17, 15) is 14.7 Å². The zero-order valence-electron chi connectivity index (χ0n) is 20.3. The number of aryl methyl sites for hydroxylation is 1. The maximum atomic E-state index is 13.0. The van der Waals surface area contributed by atoms with E-state index < -0.39 is 5.60 Å². The Morgan fingerprint density at radius 2 is 1.82 bits per heavy atom. The largest absolute Gasteiger partial charge is 0.386 e. The van der Waals surface area contributed by atoms with Gasteiger partial charge >= 0.3 is 0 Å². The zero-order valence-corrected chi connectivity index (χ0v) is 20.3. The number of rotatable bonds is 7. The van der Waals surface area contributed by atoms with Crippen molar-refractivity contribution in [3.63, 3.8) is 0 Å². The van der Waals surface area contributed by atoms with E-state index in [-0.39, 0.29) is 24.0 Å². The van der Waals surface area contributed by atoms with Crippen molar-refractivity contribution in [2.24, 2.45) is 5.92 Å². The number of anilines is 1. The van der Waals surface area contributed by atoms with E-state index in [1.165, 1.54) is 0 Å². The molecule has 180 valence electrons. The third-order valence-corrected chi connectivity index (χ3v) is 6.38. The SMILES string of the molecule is CCNC(=O)C1CCN(c2cc(CC(=O)c3ccc(C(C)(C)O)cc3)nc3cc(C)nn23)CC1. The van der Waals surface area contributed by atoms with Crippen LogP contribution in [-0.4, -0.2) is 51.0 Å². The van der Waals surface area contributed by atoms with Gasteiger partial charge in [0.05, 0.1) is 23.4 Å². The molecule has 0 unspecified atom stereocenters. The van der Waals surface area contributed by atoms with Crippen molar-refractivity contribution >= 4 is 23.2 Å². The molecule has 2 N–H and O–H groups in total. The minimum atomic E-state index is -0.951. The van der Waals surface area contributed by atoms with E-state index in [0.29, 0.717) is 23.4 Å². The van der Waals surface area contributed by atoms with Crippen LogP contribution in [0.25, 0.3) is 5.65 Å². The van der Waals surface area contributed by atoms with E-state index in [1.54, 1.807) is 38.1 Å². The first-order valence-corrected chi connectivity index (χ1v) is 11.9. The van der Waals surface area contributed by atoms with Crippen molar-refractivity contribution < 1.29 is 14.7 Å². The highest BCUT2D eigenvalue weighted by Crippen LogP contribution is 2.26. The summed E-state index contributed by atoms with van der Waals surface area (Å²) in [5, 5.41) is 17.7. The molecule has 0 radical (unpaired) electrons. The fourth-order valence-corrected chi connectivity index (χ4v) is 4.46. The molecule has 3 aromatic rings. The summed E-state index contributed by atoms with van der Waals surface area (Å²) < 4.78 is 1.83. The summed E-state index contributed by atoms with van der Waals surface area (Å²) in [6.07, 6.45) is 1.72. The predicted molar refractivity (Wildman–Crippen MR) is 131 cm³/mol. The number of amides is 1. The normalized spacial score (nSPS) is 15.0. The van der Waals surface area contributed by atoms with E-state index in [4.69, 9.17) is 4.98 Å². The first-order valence-electron chi connectivity index (χ1n) is 11.9. The number of hydrogen-bond acceptors (Lipinski definition) is 6. The average Bonchev–Trinajstić information content (AvgIpc) is 3.18. The molecule has 1 fully saturated rings. The van der Waals surface area contributed by atoms with Crippen molar-refractivity contribution in [1.82, 2.24) is 19.9 Å². The Kier molecular flexibility index (Phi) is 6.70. The summed E-state index contributed by atoms with van der Waals surface area (Å²) >= 11 is 0. The number of nitrogens with zero attached hydrogens (tertiary/aromatic N) is 4. The highest BCUT2D eigenvalue weighted by molar-refractivity contribution is 5.97. The molecule has 2 aromatic heterocycles. The van der Waals surface area contributed by atoms with E-state index >= 15 is 0 Å². The molecule has 0 spiro atoms. The number of carbonyl (C=O) groups excluding carboxylic acids is 2. The van der Waals surface area contributed by atoms with Crippen LogP contribution < -0.4 is 10.2 Å². The Morgan fingerprint density at radius 1 is 1.15 bits per heavy atom. The first kappa shape index (κ1) is 23.9. The van der Waals surface area contributed by atoms with Crippen LogP contribution in [0, 0.1) is 12.8 Å². The van der Waals surface area contributed by atoms with Crippen LogP contribution in [0.4, 0.5) is 5.82 Å². The maximum Gasteiger partial charge on any atom is 0.223 e. The number of ketones is 1. The predicted octanol–water partition coefficient (Wildman–Crippen LogP) is 3.04. The second kappa shape index (κ2) is 9.54. The molecule has 1 aliphatic heterocycles. The standard InChI is InChI=1S/C26H33N5O3/c1-5-27-25(33)19-10-12-30(13-11-19)24-16-21(28-23-14-17(2)29-31(23)24)15-22(32)18-6-8-20(9-7-18)26(3,4)34/h6-9,14,16,19,34H,5,10-13,15H2,1-4H3,(H,27,33). The Labute approximate surface area is 200 Å². The number of aliphatic hydroxyl groups is 1. The molecule has 0 aliphatic carbocycles. The molecule has 0 atom stereocenters. The lowest BCUT2D eigenvalue weighted by Crippen LogP contribution is -2.41. The van der Waals surface area contributed by atoms with Crippen molar-refractivity contribution in [1.29, 1.82) is 0 Å². The molecule has 34 heavy (non-hydrogen) atoms. The number of fused-ring (bicyclic) bond motifs is 1. The minimum Gasteiger partial charge on any atom is -0.386 e. The van der Waals surface area contributed by atoms with Crippen LogP contribution in [0.3, 0.4) is 0 Å². The molecule has 8 nitrogen and oxygen atoms in total. The van der Waals surface area contributed by atoms with Gasteiger partial charge in [0.1, 0.15) is 5.82 Å². The monoisotopic (exact) mass is 463 g/mol. The van der Waals surface area contributed by atoms with E-state index in [2.05, 4.69) is 15.3 Å². The quantitative estimate of drug-likeness (QED) is 0.523. The molecule has 4 rings (SSSR count). The van der Waals surface area contributed by atoms with Gasteiger partial charge in [-0.1, -0.05) is 24.3 Å². The van der Waals surface area contributed by atoms with Gasteiger partial charge in [-0.2, -0.15) is 9.61 Å².